The molecular weight excluding hydrogens is 214 g/mol. The van der Waals surface area contributed by atoms with E-state index in [2.05, 4.69) is 10.3 Å². The standard InChI is InChI=1S/C13H17N3O/c1-13(2,8-14)12(17)16-11-7-15-10-6-4-3-5-9(10)11/h3-7,15H,8,14H2,1-2H3,(H,16,17). The van der Waals surface area contributed by atoms with E-state index in [9.17, 15) is 4.79 Å². The van der Waals surface area contributed by atoms with Crippen LogP contribution in [0.2, 0.25) is 0 Å². The molecule has 1 heterocycles. The molecule has 0 atom stereocenters. The van der Waals surface area contributed by atoms with Crippen LogP contribution in [0.3, 0.4) is 0 Å². The molecule has 0 bridgehead atoms. The molecule has 1 aromatic heterocycles. The van der Waals surface area contributed by atoms with Crippen LogP contribution in [0.1, 0.15) is 13.8 Å². The lowest BCUT2D eigenvalue weighted by molar-refractivity contribution is -0.123. The second kappa shape index (κ2) is 4.22. The monoisotopic (exact) mass is 231 g/mol. The van der Waals surface area contributed by atoms with E-state index in [0.717, 1.165) is 16.6 Å². The minimum atomic E-state index is -0.557. The molecule has 0 fully saturated rings. The zero-order valence-corrected chi connectivity index (χ0v) is 10.1. The Balaban J connectivity index is 2.28. The molecule has 0 aliphatic rings. The number of fused-ring (bicyclic) bond motifs is 1. The largest absolute Gasteiger partial charge is 0.359 e. The highest BCUT2D eigenvalue weighted by Gasteiger charge is 2.26. The van der Waals surface area contributed by atoms with Crippen molar-refractivity contribution < 1.29 is 4.79 Å². The topological polar surface area (TPSA) is 70.9 Å². The number of hydrogen-bond acceptors (Lipinski definition) is 2. The lowest BCUT2D eigenvalue weighted by Gasteiger charge is -2.20. The number of anilines is 1. The second-order valence-electron chi connectivity index (χ2n) is 4.79. The maximum absolute atomic E-state index is 12.0. The lowest BCUT2D eigenvalue weighted by Crippen LogP contribution is -2.37. The number of carbonyl (C=O) groups excluding carboxylic acids is 1. The van der Waals surface area contributed by atoms with Gasteiger partial charge in [0.1, 0.15) is 0 Å². The minimum Gasteiger partial charge on any atom is -0.359 e. The van der Waals surface area contributed by atoms with E-state index >= 15 is 0 Å². The molecule has 1 amide bonds. The summed E-state index contributed by atoms with van der Waals surface area (Å²) in [6.07, 6.45) is 1.80. The molecule has 0 aliphatic carbocycles. The average Bonchev–Trinajstić information content (AvgIpc) is 2.73. The van der Waals surface area contributed by atoms with Crippen LogP contribution in [0.4, 0.5) is 5.69 Å². The normalized spacial score (nSPS) is 11.7. The van der Waals surface area contributed by atoms with Crippen LogP contribution in [-0.2, 0) is 4.79 Å². The number of para-hydroxylation sites is 1. The quantitative estimate of drug-likeness (QED) is 0.757. The summed E-state index contributed by atoms with van der Waals surface area (Å²) in [6, 6.07) is 7.84. The van der Waals surface area contributed by atoms with Gasteiger partial charge in [-0.25, -0.2) is 0 Å². The van der Waals surface area contributed by atoms with E-state index in [1.165, 1.54) is 0 Å². The van der Waals surface area contributed by atoms with Crippen molar-refractivity contribution in [3.63, 3.8) is 0 Å². The van der Waals surface area contributed by atoms with E-state index in [1.807, 2.05) is 38.1 Å². The average molecular weight is 231 g/mol. The summed E-state index contributed by atoms with van der Waals surface area (Å²) in [4.78, 5) is 15.1. The number of rotatable bonds is 3. The molecule has 17 heavy (non-hydrogen) atoms. The van der Waals surface area contributed by atoms with Crippen LogP contribution in [0.25, 0.3) is 10.9 Å². The number of nitrogens with one attached hydrogen (secondary N) is 2. The van der Waals surface area contributed by atoms with Gasteiger partial charge in [0.05, 0.1) is 11.1 Å². The number of H-pyrrole nitrogens is 1. The Labute approximate surface area is 100 Å². The summed E-state index contributed by atoms with van der Waals surface area (Å²) in [5.74, 6) is -0.0650. The van der Waals surface area contributed by atoms with Crippen molar-refractivity contribution in [2.45, 2.75) is 13.8 Å². The SMILES string of the molecule is CC(C)(CN)C(=O)Nc1c[nH]c2ccccc12. The maximum atomic E-state index is 12.0. The maximum Gasteiger partial charge on any atom is 0.231 e. The molecule has 0 saturated heterocycles. The molecule has 0 aliphatic heterocycles. The van der Waals surface area contributed by atoms with Gasteiger partial charge in [-0.1, -0.05) is 18.2 Å². The number of aromatic amines is 1. The number of carbonyl (C=O) groups is 1. The zero-order chi connectivity index (χ0) is 12.5. The third-order valence-corrected chi connectivity index (χ3v) is 2.96. The predicted octanol–water partition coefficient (Wildman–Crippen LogP) is 2.09. The molecule has 2 rings (SSSR count). The van der Waals surface area contributed by atoms with Crippen molar-refractivity contribution in [3.05, 3.63) is 30.5 Å². The lowest BCUT2D eigenvalue weighted by atomic mass is 9.92. The molecule has 4 N–H and O–H groups in total. The van der Waals surface area contributed by atoms with E-state index in [1.54, 1.807) is 6.20 Å². The van der Waals surface area contributed by atoms with Crippen molar-refractivity contribution in [1.82, 2.24) is 4.98 Å². The minimum absolute atomic E-state index is 0.0650. The predicted molar refractivity (Wildman–Crippen MR) is 69.8 cm³/mol. The van der Waals surface area contributed by atoms with Crippen LogP contribution in [0, 0.1) is 5.41 Å². The fourth-order valence-electron chi connectivity index (χ4n) is 1.56. The highest BCUT2D eigenvalue weighted by atomic mass is 16.2. The van der Waals surface area contributed by atoms with E-state index in [-0.39, 0.29) is 5.91 Å². The van der Waals surface area contributed by atoms with Gasteiger partial charge in [-0.2, -0.15) is 0 Å². The summed E-state index contributed by atoms with van der Waals surface area (Å²) in [6.45, 7) is 3.98. The summed E-state index contributed by atoms with van der Waals surface area (Å²) in [7, 11) is 0. The Morgan fingerprint density at radius 2 is 2.12 bits per heavy atom. The summed E-state index contributed by atoms with van der Waals surface area (Å²) < 4.78 is 0. The van der Waals surface area contributed by atoms with Crippen molar-refractivity contribution >= 4 is 22.5 Å². The van der Waals surface area contributed by atoms with Gasteiger partial charge < -0.3 is 16.0 Å². The van der Waals surface area contributed by atoms with Gasteiger partial charge >= 0.3 is 0 Å². The third kappa shape index (κ3) is 2.17. The van der Waals surface area contributed by atoms with Gasteiger partial charge in [0.15, 0.2) is 0 Å². The van der Waals surface area contributed by atoms with Crippen molar-refractivity contribution in [2.24, 2.45) is 11.1 Å². The van der Waals surface area contributed by atoms with E-state index < -0.39 is 5.41 Å². The molecule has 1 aromatic carbocycles. The van der Waals surface area contributed by atoms with Crippen molar-refractivity contribution in [1.29, 1.82) is 0 Å². The summed E-state index contributed by atoms with van der Waals surface area (Å²) in [5, 5.41) is 3.91. The summed E-state index contributed by atoms with van der Waals surface area (Å²) in [5.41, 5.74) is 6.83. The summed E-state index contributed by atoms with van der Waals surface area (Å²) >= 11 is 0. The van der Waals surface area contributed by atoms with Crippen LogP contribution in [0.5, 0.6) is 0 Å². The highest BCUT2D eigenvalue weighted by Crippen LogP contribution is 2.24. The molecule has 0 spiro atoms. The highest BCUT2D eigenvalue weighted by molar-refractivity contribution is 6.03. The molecule has 0 saturated carbocycles. The van der Waals surface area contributed by atoms with Gasteiger partial charge in [0, 0.05) is 23.6 Å². The van der Waals surface area contributed by atoms with Gasteiger partial charge in [0.25, 0.3) is 0 Å². The second-order valence-corrected chi connectivity index (χ2v) is 4.79. The van der Waals surface area contributed by atoms with Gasteiger partial charge in [-0.15, -0.1) is 0 Å². The third-order valence-electron chi connectivity index (χ3n) is 2.96. The molecular formula is C13H17N3O. The first-order valence-corrected chi connectivity index (χ1v) is 5.62. The van der Waals surface area contributed by atoms with E-state index in [4.69, 9.17) is 5.73 Å². The van der Waals surface area contributed by atoms with E-state index in [0.29, 0.717) is 6.54 Å². The molecule has 4 heteroatoms. The fourth-order valence-corrected chi connectivity index (χ4v) is 1.56. The number of nitrogens with two attached hydrogens (primary N) is 1. The Morgan fingerprint density at radius 3 is 2.82 bits per heavy atom. The Hall–Kier alpha value is -1.81. The number of amides is 1. The van der Waals surface area contributed by atoms with Gasteiger partial charge in [0.2, 0.25) is 5.91 Å². The molecule has 0 radical (unpaired) electrons. The molecule has 2 aromatic rings. The number of hydrogen-bond donors (Lipinski definition) is 3. The van der Waals surface area contributed by atoms with Crippen LogP contribution < -0.4 is 11.1 Å². The number of benzene rings is 1. The first-order chi connectivity index (χ1) is 8.04. The van der Waals surface area contributed by atoms with Gasteiger partial charge in [-0.05, 0) is 19.9 Å². The zero-order valence-electron chi connectivity index (χ0n) is 10.1. The Morgan fingerprint density at radius 1 is 1.41 bits per heavy atom. The Kier molecular flexibility index (Phi) is 2.90. The van der Waals surface area contributed by atoms with Crippen molar-refractivity contribution in [2.75, 3.05) is 11.9 Å². The van der Waals surface area contributed by atoms with Gasteiger partial charge in [-0.3, -0.25) is 4.79 Å². The molecule has 4 nitrogen and oxygen atoms in total. The molecule has 90 valence electrons. The molecule has 0 unspecified atom stereocenters. The smallest absolute Gasteiger partial charge is 0.231 e. The van der Waals surface area contributed by atoms with Crippen molar-refractivity contribution in [3.8, 4) is 0 Å². The van der Waals surface area contributed by atoms with Crippen LogP contribution >= 0.6 is 0 Å². The first kappa shape index (κ1) is 11.7. The number of aromatic nitrogens is 1. The van der Waals surface area contributed by atoms with Crippen LogP contribution in [-0.4, -0.2) is 17.4 Å². The van der Waals surface area contributed by atoms with Crippen LogP contribution in [0.15, 0.2) is 30.5 Å². The fraction of sp³-hybridized carbons (Fsp3) is 0.308. The first-order valence-electron chi connectivity index (χ1n) is 5.62. The Bertz CT molecular complexity index is 542.